The van der Waals surface area contributed by atoms with Crippen molar-refractivity contribution in [2.45, 2.75) is 44.8 Å². The number of carbonyl (C=O) groups is 1. The maximum atomic E-state index is 12.0. The highest BCUT2D eigenvalue weighted by Crippen LogP contribution is 2.42. The lowest BCUT2D eigenvalue weighted by Crippen LogP contribution is -2.59. The third kappa shape index (κ3) is 1.69. The average Bonchev–Trinajstić information content (AvgIpc) is 2.59. The number of carbonyl (C=O) groups excluding carboxylic acids is 1. The van der Waals surface area contributed by atoms with Crippen LogP contribution in [0, 0.1) is 11.8 Å². The highest BCUT2D eigenvalue weighted by Gasteiger charge is 2.53. The number of morpholine rings is 1. The van der Waals surface area contributed by atoms with Crippen LogP contribution in [-0.2, 0) is 9.53 Å². The third-order valence-electron chi connectivity index (χ3n) is 4.98. The molecule has 1 saturated carbocycles. The van der Waals surface area contributed by atoms with Crippen molar-refractivity contribution in [1.82, 2.24) is 10.2 Å². The Morgan fingerprint density at radius 1 is 1.41 bits per heavy atom. The van der Waals surface area contributed by atoms with Crippen molar-refractivity contribution < 1.29 is 9.53 Å². The van der Waals surface area contributed by atoms with Gasteiger partial charge in [-0.15, -0.1) is 0 Å². The number of ether oxygens (including phenoxy) is 1. The van der Waals surface area contributed by atoms with Crippen LogP contribution in [0.3, 0.4) is 0 Å². The molecule has 1 amide bonds. The zero-order valence-corrected chi connectivity index (χ0v) is 10.7. The second kappa shape index (κ2) is 3.95. The van der Waals surface area contributed by atoms with Crippen LogP contribution in [0.1, 0.15) is 33.1 Å². The first kappa shape index (κ1) is 11.5. The van der Waals surface area contributed by atoms with Crippen molar-refractivity contribution in [2.24, 2.45) is 11.8 Å². The van der Waals surface area contributed by atoms with E-state index < -0.39 is 0 Å². The van der Waals surface area contributed by atoms with E-state index in [0.717, 1.165) is 31.9 Å². The van der Waals surface area contributed by atoms with Gasteiger partial charge in [0.05, 0.1) is 18.9 Å². The Morgan fingerprint density at radius 2 is 2.24 bits per heavy atom. The van der Waals surface area contributed by atoms with Crippen molar-refractivity contribution in [3.63, 3.8) is 0 Å². The zero-order valence-electron chi connectivity index (χ0n) is 10.7. The maximum Gasteiger partial charge on any atom is 0.241 e. The van der Waals surface area contributed by atoms with Gasteiger partial charge in [-0.1, -0.05) is 13.8 Å². The number of hydrogen-bond acceptors (Lipinski definition) is 3. The third-order valence-corrected chi connectivity index (χ3v) is 4.98. The van der Waals surface area contributed by atoms with Crippen molar-refractivity contribution >= 4 is 5.91 Å². The summed E-state index contributed by atoms with van der Waals surface area (Å²) in [5, 5.41) is 3.27. The van der Waals surface area contributed by atoms with Gasteiger partial charge in [-0.25, -0.2) is 0 Å². The van der Waals surface area contributed by atoms with Crippen molar-refractivity contribution in [3.05, 3.63) is 0 Å². The molecule has 2 saturated heterocycles. The number of rotatable bonds is 0. The molecule has 3 fully saturated rings. The molecule has 0 radical (unpaired) electrons. The lowest BCUT2D eigenvalue weighted by atomic mass is 9.75. The van der Waals surface area contributed by atoms with E-state index in [1.165, 1.54) is 6.42 Å². The largest absolute Gasteiger partial charge is 0.378 e. The molecule has 0 aromatic rings. The number of hydrogen-bond donors (Lipinski definition) is 1. The molecule has 4 heteroatoms. The second-order valence-electron chi connectivity index (χ2n) is 6.00. The highest BCUT2D eigenvalue weighted by atomic mass is 16.5. The number of nitrogens with zero attached hydrogens (tertiary/aromatic N) is 1. The van der Waals surface area contributed by atoms with Crippen LogP contribution in [0.25, 0.3) is 0 Å². The Morgan fingerprint density at radius 3 is 3.00 bits per heavy atom. The normalized spacial score (nSPS) is 46.9. The number of nitrogens with one attached hydrogen (secondary N) is 1. The van der Waals surface area contributed by atoms with Gasteiger partial charge in [-0.05, 0) is 31.1 Å². The Balaban J connectivity index is 1.85. The molecule has 4 atom stereocenters. The Bertz CT molecular complexity index is 333. The molecule has 1 aliphatic carbocycles. The minimum Gasteiger partial charge on any atom is -0.378 e. The molecule has 0 aromatic heterocycles. The maximum absolute atomic E-state index is 12.0. The summed E-state index contributed by atoms with van der Waals surface area (Å²) in [5.41, 5.74) is -0.0581. The first-order valence-corrected chi connectivity index (χ1v) is 6.79. The van der Waals surface area contributed by atoms with Gasteiger partial charge in [-0.2, -0.15) is 0 Å². The van der Waals surface area contributed by atoms with E-state index in [2.05, 4.69) is 24.1 Å². The van der Waals surface area contributed by atoms with Gasteiger partial charge in [0.1, 0.15) is 6.04 Å². The molecule has 1 spiro atoms. The predicted octanol–water partition coefficient (Wildman–Crippen LogP) is 0.969. The smallest absolute Gasteiger partial charge is 0.241 e. The van der Waals surface area contributed by atoms with Gasteiger partial charge in [0.15, 0.2) is 0 Å². The topological polar surface area (TPSA) is 41.6 Å². The van der Waals surface area contributed by atoms with E-state index >= 15 is 0 Å². The summed E-state index contributed by atoms with van der Waals surface area (Å²) in [5.74, 6) is 1.63. The fourth-order valence-corrected chi connectivity index (χ4v) is 3.68. The molecular formula is C13H22N2O2. The summed E-state index contributed by atoms with van der Waals surface area (Å²) >= 11 is 0. The molecule has 2 aliphatic heterocycles. The molecule has 0 unspecified atom stereocenters. The zero-order chi connectivity index (χ0) is 12.0. The van der Waals surface area contributed by atoms with Crippen molar-refractivity contribution in [1.29, 1.82) is 0 Å². The molecule has 17 heavy (non-hydrogen) atoms. The molecule has 3 rings (SSSR count). The van der Waals surface area contributed by atoms with Crippen LogP contribution >= 0.6 is 0 Å². The Labute approximate surface area is 103 Å². The first-order chi connectivity index (χ1) is 8.12. The fourth-order valence-electron chi connectivity index (χ4n) is 3.68. The fraction of sp³-hybridized carbons (Fsp3) is 0.923. The van der Waals surface area contributed by atoms with E-state index in [1.807, 2.05) is 0 Å². The molecule has 96 valence electrons. The van der Waals surface area contributed by atoms with Gasteiger partial charge in [0, 0.05) is 6.54 Å². The quantitative estimate of drug-likeness (QED) is 0.683. The minimum atomic E-state index is -0.0581. The summed E-state index contributed by atoms with van der Waals surface area (Å²) in [6.07, 6.45) is 3.41. The molecule has 4 nitrogen and oxygen atoms in total. The van der Waals surface area contributed by atoms with Gasteiger partial charge in [-0.3, -0.25) is 9.69 Å². The SMILES string of the molecule is C[C@@H]1CC[C@]2(C[C@@H]1C)NC(=O)[C@@H]1COCCN12. The first-order valence-electron chi connectivity index (χ1n) is 6.79. The number of amides is 1. The monoisotopic (exact) mass is 238 g/mol. The molecule has 2 heterocycles. The van der Waals surface area contributed by atoms with Crippen LogP contribution in [0.2, 0.25) is 0 Å². The van der Waals surface area contributed by atoms with Crippen LogP contribution in [0.5, 0.6) is 0 Å². The Kier molecular flexibility index (Phi) is 2.67. The van der Waals surface area contributed by atoms with Gasteiger partial charge < -0.3 is 10.1 Å². The van der Waals surface area contributed by atoms with Gasteiger partial charge in [0.25, 0.3) is 0 Å². The Hall–Kier alpha value is -0.610. The van der Waals surface area contributed by atoms with Crippen LogP contribution in [0.15, 0.2) is 0 Å². The van der Waals surface area contributed by atoms with E-state index in [4.69, 9.17) is 4.74 Å². The lowest BCUT2D eigenvalue weighted by molar-refractivity contribution is -0.125. The van der Waals surface area contributed by atoms with Crippen molar-refractivity contribution in [3.8, 4) is 0 Å². The molecule has 0 aromatic carbocycles. The predicted molar refractivity (Wildman–Crippen MR) is 64.4 cm³/mol. The standard InChI is InChI=1S/C13H22N2O2/c1-9-3-4-13(7-10(9)2)14-12(16)11-8-17-6-5-15(11)13/h9-11H,3-8H2,1-2H3,(H,14,16)/t9-,10+,11+,13+/m1/s1. The lowest BCUT2D eigenvalue weighted by Gasteiger charge is -2.47. The van der Waals surface area contributed by atoms with Crippen molar-refractivity contribution in [2.75, 3.05) is 19.8 Å². The van der Waals surface area contributed by atoms with E-state index in [0.29, 0.717) is 12.5 Å². The molecule has 3 aliphatic rings. The minimum absolute atomic E-state index is 0.0376. The van der Waals surface area contributed by atoms with Crippen LogP contribution in [0.4, 0.5) is 0 Å². The van der Waals surface area contributed by atoms with Crippen LogP contribution < -0.4 is 5.32 Å². The average molecular weight is 238 g/mol. The summed E-state index contributed by atoms with van der Waals surface area (Å²) in [4.78, 5) is 14.4. The second-order valence-corrected chi connectivity index (χ2v) is 6.00. The molecule has 0 bridgehead atoms. The van der Waals surface area contributed by atoms with E-state index in [1.54, 1.807) is 0 Å². The summed E-state index contributed by atoms with van der Waals surface area (Å²) in [6, 6.07) is -0.0376. The summed E-state index contributed by atoms with van der Waals surface area (Å²) in [7, 11) is 0. The highest BCUT2D eigenvalue weighted by molar-refractivity contribution is 5.85. The summed E-state index contributed by atoms with van der Waals surface area (Å²) < 4.78 is 5.43. The van der Waals surface area contributed by atoms with E-state index in [9.17, 15) is 4.79 Å². The van der Waals surface area contributed by atoms with Gasteiger partial charge in [0.2, 0.25) is 5.91 Å². The van der Waals surface area contributed by atoms with Gasteiger partial charge >= 0.3 is 0 Å². The molecule has 1 N–H and O–H groups in total. The number of fused-ring (bicyclic) bond motifs is 2. The summed E-state index contributed by atoms with van der Waals surface area (Å²) in [6.45, 7) is 6.86. The molecular weight excluding hydrogens is 216 g/mol. The van der Waals surface area contributed by atoms with E-state index in [-0.39, 0.29) is 17.6 Å². The van der Waals surface area contributed by atoms with Crippen LogP contribution in [-0.4, -0.2) is 42.3 Å².